The van der Waals surface area contributed by atoms with Gasteiger partial charge in [0.15, 0.2) is 0 Å². The number of piperidine rings is 1. The van der Waals surface area contributed by atoms with Crippen LogP contribution in [0.1, 0.15) is 56.7 Å². The summed E-state index contributed by atoms with van der Waals surface area (Å²) in [6, 6.07) is 4.20. The first-order chi connectivity index (χ1) is 11.3. The molecule has 2 amide bonds. The number of likely N-dealkylation sites (tertiary alicyclic amines) is 2. The minimum atomic E-state index is 0.0838. The molecule has 3 heterocycles. The van der Waals surface area contributed by atoms with Gasteiger partial charge in [-0.25, -0.2) is 4.79 Å². The summed E-state index contributed by atoms with van der Waals surface area (Å²) in [6.07, 6.45) is 10.2. The van der Waals surface area contributed by atoms with Gasteiger partial charge in [-0.3, -0.25) is 4.90 Å². The first-order valence-corrected chi connectivity index (χ1v) is 9.15. The molecule has 1 aromatic heterocycles. The van der Waals surface area contributed by atoms with Crippen LogP contribution < -0.4 is 5.32 Å². The molecule has 0 spiro atoms. The second-order valence-corrected chi connectivity index (χ2v) is 6.72. The lowest BCUT2D eigenvalue weighted by Gasteiger charge is -2.34. The smallest absolute Gasteiger partial charge is 0.317 e. The van der Waals surface area contributed by atoms with E-state index in [1.807, 2.05) is 17.0 Å². The van der Waals surface area contributed by atoms with Crippen molar-refractivity contribution < 1.29 is 9.21 Å². The molecule has 0 aromatic carbocycles. The Morgan fingerprint density at radius 3 is 2.35 bits per heavy atom. The van der Waals surface area contributed by atoms with E-state index in [1.54, 1.807) is 6.26 Å². The van der Waals surface area contributed by atoms with Crippen LogP contribution in [0, 0.1) is 0 Å². The molecule has 0 radical (unpaired) electrons. The summed E-state index contributed by atoms with van der Waals surface area (Å²) in [5.41, 5.74) is 0. The van der Waals surface area contributed by atoms with E-state index in [-0.39, 0.29) is 12.1 Å². The summed E-state index contributed by atoms with van der Waals surface area (Å²) in [6.45, 7) is 4.58. The van der Waals surface area contributed by atoms with Crippen molar-refractivity contribution >= 4 is 6.03 Å². The van der Waals surface area contributed by atoms with E-state index in [9.17, 15) is 4.79 Å². The lowest BCUT2D eigenvalue weighted by molar-refractivity contribution is 0.139. The zero-order chi connectivity index (χ0) is 15.9. The van der Waals surface area contributed by atoms with E-state index in [0.717, 1.165) is 44.8 Å². The number of hydrogen-bond donors (Lipinski definition) is 1. The van der Waals surface area contributed by atoms with Crippen molar-refractivity contribution in [3.05, 3.63) is 24.2 Å². The van der Waals surface area contributed by atoms with Gasteiger partial charge >= 0.3 is 6.03 Å². The molecule has 128 valence electrons. The standard InChI is InChI=1S/C18H29N3O2/c22-18(21-12-4-1-2-5-13-21)19-15-16(17-9-8-14-23-17)20-10-6-3-7-11-20/h8-9,14,16H,1-7,10-13,15H2,(H,19,22). The Bertz CT molecular complexity index is 461. The van der Waals surface area contributed by atoms with Crippen molar-refractivity contribution in [1.82, 2.24) is 15.1 Å². The second-order valence-electron chi connectivity index (χ2n) is 6.72. The highest BCUT2D eigenvalue weighted by atomic mass is 16.3. The van der Waals surface area contributed by atoms with Gasteiger partial charge in [0.05, 0.1) is 12.3 Å². The fourth-order valence-corrected chi connectivity index (χ4v) is 3.69. The van der Waals surface area contributed by atoms with E-state index in [1.165, 1.54) is 32.1 Å². The fraction of sp³-hybridized carbons (Fsp3) is 0.722. The molecule has 2 aliphatic rings. The van der Waals surface area contributed by atoms with Crippen molar-refractivity contribution in [2.45, 2.75) is 51.0 Å². The summed E-state index contributed by atoms with van der Waals surface area (Å²) < 4.78 is 5.64. The number of hydrogen-bond acceptors (Lipinski definition) is 3. The van der Waals surface area contributed by atoms with Gasteiger partial charge in [0.2, 0.25) is 0 Å². The molecule has 5 heteroatoms. The predicted molar refractivity (Wildman–Crippen MR) is 90.3 cm³/mol. The van der Waals surface area contributed by atoms with Gasteiger partial charge in [-0.05, 0) is 50.9 Å². The summed E-state index contributed by atoms with van der Waals surface area (Å²) in [5.74, 6) is 0.961. The van der Waals surface area contributed by atoms with Gasteiger partial charge in [-0.2, -0.15) is 0 Å². The third-order valence-electron chi connectivity index (χ3n) is 5.04. The van der Waals surface area contributed by atoms with Crippen LogP contribution in [0.15, 0.2) is 22.8 Å². The predicted octanol–water partition coefficient (Wildman–Crippen LogP) is 3.39. The Kier molecular flexibility index (Phi) is 5.97. The molecule has 5 nitrogen and oxygen atoms in total. The molecular formula is C18H29N3O2. The molecule has 3 rings (SSSR count). The van der Waals surface area contributed by atoms with E-state index in [4.69, 9.17) is 4.42 Å². The number of rotatable bonds is 4. The largest absolute Gasteiger partial charge is 0.468 e. The lowest BCUT2D eigenvalue weighted by atomic mass is 10.1. The van der Waals surface area contributed by atoms with E-state index in [2.05, 4.69) is 10.2 Å². The number of carbonyl (C=O) groups is 1. The summed E-state index contributed by atoms with van der Waals surface area (Å²) >= 11 is 0. The number of nitrogens with zero attached hydrogens (tertiary/aromatic N) is 2. The topological polar surface area (TPSA) is 48.7 Å². The molecule has 1 N–H and O–H groups in total. The minimum Gasteiger partial charge on any atom is -0.468 e. The Morgan fingerprint density at radius 1 is 1.04 bits per heavy atom. The van der Waals surface area contributed by atoms with Crippen molar-refractivity contribution in [3.63, 3.8) is 0 Å². The van der Waals surface area contributed by atoms with E-state index in [0.29, 0.717) is 6.54 Å². The number of urea groups is 1. The van der Waals surface area contributed by atoms with Crippen LogP contribution in [0.3, 0.4) is 0 Å². The van der Waals surface area contributed by atoms with Crippen LogP contribution >= 0.6 is 0 Å². The zero-order valence-electron chi connectivity index (χ0n) is 14.0. The molecule has 2 fully saturated rings. The monoisotopic (exact) mass is 319 g/mol. The number of furan rings is 1. The molecule has 1 aromatic rings. The quantitative estimate of drug-likeness (QED) is 0.925. The molecule has 23 heavy (non-hydrogen) atoms. The number of nitrogens with one attached hydrogen (secondary N) is 1. The highest BCUT2D eigenvalue weighted by Crippen LogP contribution is 2.24. The maximum absolute atomic E-state index is 12.5. The Morgan fingerprint density at radius 2 is 1.70 bits per heavy atom. The average Bonchev–Trinajstić information content (AvgIpc) is 2.97. The normalized spacial score (nSPS) is 21.7. The SMILES string of the molecule is O=C(NCC(c1ccco1)N1CCCCC1)N1CCCCCC1. The molecule has 2 aliphatic heterocycles. The molecule has 1 atom stereocenters. The van der Waals surface area contributed by atoms with Gasteiger partial charge in [-0.15, -0.1) is 0 Å². The molecule has 0 saturated carbocycles. The average molecular weight is 319 g/mol. The van der Waals surface area contributed by atoms with Crippen LogP contribution in [-0.4, -0.2) is 48.6 Å². The van der Waals surface area contributed by atoms with E-state index < -0.39 is 0 Å². The van der Waals surface area contributed by atoms with Crippen molar-refractivity contribution in [2.24, 2.45) is 0 Å². The fourth-order valence-electron chi connectivity index (χ4n) is 3.69. The number of carbonyl (C=O) groups excluding carboxylic acids is 1. The second kappa shape index (κ2) is 8.39. The lowest BCUT2D eigenvalue weighted by Crippen LogP contribution is -2.45. The zero-order valence-corrected chi connectivity index (χ0v) is 14.0. The van der Waals surface area contributed by atoms with Gasteiger partial charge in [0, 0.05) is 19.6 Å². The van der Waals surface area contributed by atoms with Crippen molar-refractivity contribution in [2.75, 3.05) is 32.7 Å². The molecule has 1 unspecified atom stereocenters. The van der Waals surface area contributed by atoms with Gasteiger partial charge in [-0.1, -0.05) is 19.3 Å². The van der Waals surface area contributed by atoms with Crippen LogP contribution in [0.4, 0.5) is 4.79 Å². The molecule has 0 bridgehead atoms. The van der Waals surface area contributed by atoms with Crippen LogP contribution in [-0.2, 0) is 0 Å². The first-order valence-electron chi connectivity index (χ1n) is 9.15. The third kappa shape index (κ3) is 4.50. The van der Waals surface area contributed by atoms with Gasteiger partial charge in [0.25, 0.3) is 0 Å². The van der Waals surface area contributed by atoms with Crippen molar-refractivity contribution in [3.8, 4) is 0 Å². The minimum absolute atomic E-state index is 0.0838. The van der Waals surface area contributed by atoms with E-state index >= 15 is 0 Å². The Labute approximate surface area is 139 Å². The van der Waals surface area contributed by atoms with Crippen molar-refractivity contribution in [1.29, 1.82) is 0 Å². The first kappa shape index (κ1) is 16.4. The number of amides is 2. The maximum Gasteiger partial charge on any atom is 0.317 e. The Hall–Kier alpha value is -1.49. The maximum atomic E-state index is 12.5. The summed E-state index contributed by atoms with van der Waals surface area (Å²) in [7, 11) is 0. The van der Waals surface area contributed by atoms with Crippen LogP contribution in [0.25, 0.3) is 0 Å². The highest BCUT2D eigenvalue weighted by Gasteiger charge is 2.25. The third-order valence-corrected chi connectivity index (χ3v) is 5.04. The van der Waals surface area contributed by atoms with Gasteiger partial charge < -0.3 is 14.6 Å². The molecule has 0 aliphatic carbocycles. The van der Waals surface area contributed by atoms with Crippen LogP contribution in [0.5, 0.6) is 0 Å². The Balaban J connectivity index is 1.58. The summed E-state index contributed by atoms with van der Waals surface area (Å²) in [5, 5.41) is 3.15. The van der Waals surface area contributed by atoms with Crippen LogP contribution in [0.2, 0.25) is 0 Å². The molecular weight excluding hydrogens is 290 g/mol. The van der Waals surface area contributed by atoms with Gasteiger partial charge in [0.1, 0.15) is 5.76 Å². The molecule has 2 saturated heterocycles. The highest BCUT2D eigenvalue weighted by molar-refractivity contribution is 5.74. The summed E-state index contributed by atoms with van der Waals surface area (Å²) in [4.78, 5) is 16.9.